The fourth-order valence-electron chi connectivity index (χ4n) is 3.44. The van der Waals surface area contributed by atoms with Gasteiger partial charge in [-0.25, -0.2) is 12.8 Å². The van der Waals surface area contributed by atoms with E-state index in [2.05, 4.69) is 10.6 Å². The van der Waals surface area contributed by atoms with Crippen LogP contribution in [0.15, 0.2) is 29.2 Å². The van der Waals surface area contributed by atoms with Crippen LogP contribution in [0.1, 0.15) is 32.1 Å². The van der Waals surface area contributed by atoms with Crippen LogP contribution in [0.5, 0.6) is 0 Å². The normalized spacial score (nSPS) is 19.3. The van der Waals surface area contributed by atoms with Crippen molar-refractivity contribution in [2.24, 2.45) is 5.92 Å². The number of rotatable bonds is 9. The number of amides is 2. The number of hydrogen-bond donors (Lipinski definition) is 2. The summed E-state index contributed by atoms with van der Waals surface area (Å²) in [7, 11) is -3.71. The molecule has 1 saturated heterocycles. The van der Waals surface area contributed by atoms with E-state index in [0.717, 1.165) is 30.7 Å². The molecule has 0 bridgehead atoms. The summed E-state index contributed by atoms with van der Waals surface area (Å²) in [6.45, 7) is 0.420. The minimum absolute atomic E-state index is 0.0423. The Morgan fingerprint density at radius 1 is 1.17 bits per heavy atom. The molecular weight excluding hydrogens is 429 g/mol. The molecule has 166 valence electrons. The second-order valence-electron chi connectivity index (χ2n) is 7.76. The van der Waals surface area contributed by atoms with Crippen LogP contribution < -0.4 is 10.6 Å². The van der Waals surface area contributed by atoms with Gasteiger partial charge in [0.2, 0.25) is 21.8 Å². The van der Waals surface area contributed by atoms with E-state index in [4.69, 9.17) is 0 Å². The first-order valence-electron chi connectivity index (χ1n) is 10.2. The number of thioether (sulfide) groups is 1. The first-order valence-corrected chi connectivity index (χ1v) is 13.0. The maximum atomic E-state index is 13.1. The molecule has 2 N–H and O–H groups in total. The number of nitrogens with one attached hydrogen (secondary N) is 2. The van der Waals surface area contributed by atoms with Gasteiger partial charge in [0.25, 0.3) is 0 Å². The van der Waals surface area contributed by atoms with E-state index >= 15 is 0 Å². The Bertz CT molecular complexity index is 851. The van der Waals surface area contributed by atoms with Crippen LogP contribution in [0.3, 0.4) is 0 Å². The summed E-state index contributed by atoms with van der Waals surface area (Å²) < 4.78 is 39.8. The Morgan fingerprint density at radius 2 is 1.80 bits per heavy atom. The highest BCUT2D eigenvalue weighted by Crippen LogP contribution is 2.24. The van der Waals surface area contributed by atoms with Gasteiger partial charge in [-0.15, -0.1) is 0 Å². The average Bonchev–Trinajstić information content (AvgIpc) is 3.55. The summed E-state index contributed by atoms with van der Waals surface area (Å²) in [6.07, 6.45) is 5.24. The summed E-state index contributed by atoms with van der Waals surface area (Å²) in [5.41, 5.74) is 0. The molecule has 0 unspecified atom stereocenters. The van der Waals surface area contributed by atoms with E-state index in [1.165, 1.54) is 16.4 Å². The maximum absolute atomic E-state index is 13.1. The Morgan fingerprint density at radius 3 is 2.37 bits per heavy atom. The molecule has 10 heteroatoms. The molecule has 0 radical (unpaired) electrons. The van der Waals surface area contributed by atoms with E-state index in [1.807, 2.05) is 6.26 Å². The third-order valence-corrected chi connectivity index (χ3v) is 8.00. The molecule has 1 aromatic carbocycles. The average molecular weight is 458 g/mol. The molecule has 2 amide bonds. The van der Waals surface area contributed by atoms with Crippen molar-refractivity contribution in [2.45, 2.75) is 49.1 Å². The molecule has 2 aliphatic rings. The van der Waals surface area contributed by atoms with Crippen molar-refractivity contribution >= 4 is 33.6 Å². The predicted molar refractivity (Wildman–Crippen MR) is 114 cm³/mol. The lowest BCUT2D eigenvalue weighted by molar-refractivity contribution is -0.132. The van der Waals surface area contributed by atoms with Gasteiger partial charge in [-0.2, -0.15) is 16.1 Å². The largest absolute Gasteiger partial charge is 0.352 e. The van der Waals surface area contributed by atoms with Gasteiger partial charge >= 0.3 is 0 Å². The van der Waals surface area contributed by atoms with Crippen LogP contribution in [0.4, 0.5) is 4.39 Å². The SMILES string of the molecule is CSCC[C@@H](NC(=O)C1CCN(S(=O)(=O)c2ccc(F)cc2)CC1)C(=O)NC1CC1. The Hall–Kier alpha value is -1.65. The summed E-state index contributed by atoms with van der Waals surface area (Å²) in [6, 6.07) is 4.40. The van der Waals surface area contributed by atoms with E-state index in [0.29, 0.717) is 19.3 Å². The van der Waals surface area contributed by atoms with Gasteiger partial charge in [0.1, 0.15) is 11.9 Å². The molecule has 7 nitrogen and oxygen atoms in total. The van der Waals surface area contributed by atoms with Crippen molar-refractivity contribution in [1.82, 2.24) is 14.9 Å². The van der Waals surface area contributed by atoms with Crippen LogP contribution in [0, 0.1) is 11.7 Å². The zero-order chi connectivity index (χ0) is 21.7. The molecule has 1 aliphatic carbocycles. The van der Waals surface area contributed by atoms with Crippen molar-refractivity contribution in [2.75, 3.05) is 25.1 Å². The fraction of sp³-hybridized carbons (Fsp3) is 0.600. The molecule has 30 heavy (non-hydrogen) atoms. The Balaban J connectivity index is 1.55. The number of benzene rings is 1. The third-order valence-electron chi connectivity index (χ3n) is 5.44. The lowest BCUT2D eigenvalue weighted by atomic mass is 9.96. The zero-order valence-corrected chi connectivity index (χ0v) is 18.6. The van der Waals surface area contributed by atoms with Gasteiger partial charge in [0, 0.05) is 25.0 Å². The fourth-order valence-corrected chi connectivity index (χ4v) is 5.38. The summed E-state index contributed by atoms with van der Waals surface area (Å²) in [4.78, 5) is 25.2. The van der Waals surface area contributed by atoms with E-state index in [9.17, 15) is 22.4 Å². The number of piperidine rings is 1. The van der Waals surface area contributed by atoms with Gasteiger partial charge in [0.05, 0.1) is 4.90 Å². The number of nitrogens with zero attached hydrogens (tertiary/aromatic N) is 1. The number of hydrogen-bond acceptors (Lipinski definition) is 5. The maximum Gasteiger partial charge on any atom is 0.243 e. The van der Waals surface area contributed by atoms with Gasteiger partial charge in [-0.1, -0.05) is 0 Å². The van der Waals surface area contributed by atoms with Crippen molar-refractivity contribution < 1.29 is 22.4 Å². The molecule has 3 rings (SSSR count). The van der Waals surface area contributed by atoms with Crippen LogP contribution in [-0.2, 0) is 19.6 Å². The molecular formula is C20H28FN3O4S2. The number of carbonyl (C=O) groups is 2. The van der Waals surface area contributed by atoms with Gasteiger partial charge < -0.3 is 10.6 Å². The quantitative estimate of drug-likeness (QED) is 0.589. The first kappa shape index (κ1) is 23.0. The van der Waals surface area contributed by atoms with Crippen LogP contribution >= 0.6 is 11.8 Å². The topological polar surface area (TPSA) is 95.6 Å². The van der Waals surface area contributed by atoms with E-state index in [1.54, 1.807) is 11.8 Å². The lowest BCUT2D eigenvalue weighted by Crippen LogP contribution is -2.51. The molecule has 0 spiro atoms. The molecule has 1 saturated carbocycles. The molecule has 1 aliphatic heterocycles. The summed E-state index contributed by atoms with van der Waals surface area (Å²) in [5.74, 6) is -0.416. The smallest absolute Gasteiger partial charge is 0.243 e. The van der Waals surface area contributed by atoms with Gasteiger partial charge in [-0.05, 0) is 68.4 Å². The zero-order valence-electron chi connectivity index (χ0n) is 17.0. The first-order chi connectivity index (χ1) is 14.3. The number of sulfonamides is 1. The van der Waals surface area contributed by atoms with Crippen LogP contribution in [-0.4, -0.2) is 61.7 Å². The van der Waals surface area contributed by atoms with E-state index < -0.39 is 21.9 Å². The van der Waals surface area contributed by atoms with Crippen molar-refractivity contribution in [1.29, 1.82) is 0 Å². The van der Waals surface area contributed by atoms with Crippen molar-refractivity contribution in [3.05, 3.63) is 30.1 Å². The second kappa shape index (κ2) is 10.1. The highest BCUT2D eigenvalue weighted by Gasteiger charge is 2.34. The number of halogens is 1. The predicted octanol–water partition coefficient (Wildman–Crippen LogP) is 1.74. The Kier molecular flexibility index (Phi) is 7.75. The molecule has 1 aromatic rings. The van der Waals surface area contributed by atoms with Crippen molar-refractivity contribution in [3.8, 4) is 0 Å². The molecule has 1 heterocycles. The highest BCUT2D eigenvalue weighted by molar-refractivity contribution is 7.98. The number of carbonyl (C=O) groups excluding carboxylic acids is 2. The summed E-state index contributed by atoms with van der Waals surface area (Å²) in [5, 5.41) is 5.82. The van der Waals surface area contributed by atoms with E-state index in [-0.39, 0.29) is 41.8 Å². The summed E-state index contributed by atoms with van der Waals surface area (Å²) >= 11 is 1.62. The van der Waals surface area contributed by atoms with Gasteiger partial charge in [0.15, 0.2) is 0 Å². The molecule has 1 atom stereocenters. The monoisotopic (exact) mass is 457 g/mol. The van der Waals surface area contributed by atoms with Crippen LogP contribution in [0.2, 0.25) is 0 Å². The molecule has 2 fully saturated rings. The van der Waals surface area contributed by atoms with Crippen LogP contribution in [0.25, 0.3) is 0 Å². The minimum atomic E-state index is -3.71. The lowest BCUT2D eigenvalue weighted by Gasteiger charge is -2.31. The minimum Gasteiger partial charge on any atom is -0.352 e. The second-order valence-corrected chi connectivity index (χ2v) is 10.7. The highest BCUT2D eigenvalue weighted by atomic mass is 32.2. The van der Waals surface area contributed by atoms with Gasteiger partial charge in [-0.3, -0.25) is 9.59 Å². The molecule has 0 aromatic heterocycles. The third kappa shape index (κ3) is 5.95. The Labute approximate surface area is 181 Å². The standard InChI is InChI=1S/C20H28FN3O4S2/c1-29-13-10-18(20(26)22-16-4-5-16)23-19(25)14-8-11-24(12-9-14)30(27,28)17-6-2-15(21)3-7-17/h2-3,6-7,14,16,18H,4-5,8-13H2,1H3,(H,22,26)(H,23,25)/t18-/m1/s1. The van der Waals surface area contributed by atoms with Crippen molar-refractivity contribution in [3.63, 3.8) is 0 Å².